The third-order valence-electron chi connectivity index (χ3n) is 2.40. The van der Waals surface area contributed by atoms with Crippen molar-refractivity contribution in [2.24, 2.45) is 0 Å². The largest absolute Gasteiger partial charge is 0.302 e. The van der Waals surface area contributed by atoms with Gasteiger partial charge < -0.3 is 4.79 Å². The number of rotatable bonds is 3. The van der Waals surface area contributed by atoms with Crippen LogP contribution < -0.4 is 0 Å². The van der Waals surface area contributed by atoms with Gasteiger partial charge in [-0.25, -0.2) is 0 Å². The van der Waals surface area contributed by atoms with Crippen LogP contribution in [-0.4, -0.2) is 6.29 Å². The quantitative estimate of drug-likeness (QED) is 0.647. The minimum atomic E-state index is -0.355. The fourth-order valence-corrected chi connectivity index (χ4v) is 1.24. The molecule has 1 nitrogen and oxygen atoms in total. The van der Waals surface area contributed by atoms with Crippen LogP contribution >= 0.6 is 0 Å². The Bertz CT molecular complexity index is 282. The normalized spacial score (nSPS) is 11.3. The Morgan fingerprint density at radius 1 is 1.23 bits per heavy atom. The highest BCUT2D eigenvalue weighted by Crippen LogP contribution is 2.20. The van der Waals surface area contributed by atoms with Gasteiger partial charge in [0.25, 0.3) is 0 Å². The Labute approximate surface area is 79.8 Å². The molecule has 1 heteroatoms. The lowest BCUT2D eigenvalue weighted by Crippen LogP contribution is -2.18. The van der Waals surface area contributed by atoms with Gasteiger partial charge in [0.2, 0.25) is 0 Å². The standard InChI is InChI=1S/C12H16O/c1-4-10-5-7-11(8-6-10)12(2,3)9-13/h5-9H,4H2,1-3H3. The summed E-state index contributed by atoms with van der Waals surface area (Å²) < 4.78 is 0. The molecular formula is C12H16O. The monoisotopic (exact) mass is 176 g/mol. The molecule has 0 amide bonds. The van der Waals surface area contributed by atoms with E-state index in [1.54, 1.807) is 0 Å². The van der Waals surface area contributed by atoms with E-state index in [2.05, 4.69) is 19.1 Å². The van der Waals surface area contributed by atoms with Crippen LogP contribution in [-0.2, 0) is 16.6 Å². The topological polar surface area (TPSA) is 17.1 Å². The second kappa shape index (κ2) is 3.73. The van der Waals surface area contributed by atoms with Crippen LogP contribution in [0.15, 0.2) is 24.3 Å². The number of benzene rings is 1. The van der Waals surface area contributed by atoms with Gasteiger partial charge in [-0.15, -0.1) is 0 Å². The Kier molecular flexibility index (Phi) is 2.86. The molecule has 0 saturated heterocycles. The van der Waals surface area contributed by atoms with E-state index in [0.29, 0.717) is 0 Å². The van der Waals surface area contributed by atoms with Gasteiger partial charge in [0.1, 0.15) is 6.29 Å². The van der Waals surface area contributed by atoms with Gasteiger partial charge in [0.05, 0.1) is 0 Å². The van der Waals surface area contributed by atoms with Crippen LogP contribution in [0.4, 0.5) is 0 Å². The molecule has 0 aromatic heterocycles. The Balaban J connectivity index is 2.98. The van der Waals surface area contributed by atoms with Crippen molar-refractivity contribution in [1.29, 1.82) is 0 Å². The molecule has 1 aromatic carbocycles. The van der Waals surface area contributed by atoms with Crippen molar-refractivity contribution >= 4 is 6.29 Å². The molecule has 0 bridgehead atoms. The Hall–Kier alpha value is -1.11. The Morgan fingerprint density at radius 2 is 1.77 bits per heavy atom. The van der Waals surface area contributed by atoms with Gasteiger partial charge in [-0.05, 0) is 31.4 Å². The third-order valence-corrected chi connectivity index (χ3v) is 2.40. The summed E-state index contributed by atoms with van der Waals surface area (Å²) in [6, 6.07) is 8.24. The smallest absolute Gasteiger partial charge is 0.129 e. The summed E-state index contributed by atoms with van der Waals surface area (Å²) in [5, 5.41) is 0. The maximum atomic E-state index is 10.8. The molecule has 0 saturated carbocycles. The summed E-state index contributed by atoms with van der Waals surface area (Å²) in [4.78, 5) is 10.8. The lowest BCUT2D eigenvalue weighted by Gasteiger charge is -2.17. The maximum absolute atomic E-state index is 10.8. The number of hydrogen-bond acceptors (Lipinski definition) is 1. The Morgan fingerprint density at radius 3 is 2.15 bits per heavy atom. The van der Waals surface area contributed by atoms with E-state index in [4.69, 9.17) is 0 Å². The molecule has 0 aliphatic rings. The van der Waals surface area contributed by atoms with Gasteiger partial charge in [-0.3, -0.25) is 0 Å². The van der Waals surface area contributed by atoms with Gasteiger partial charge in [0, 0.05) is 5.41 Å². The fourth-order valence-electron chi connectivity index (χ4n) is 1.24. The van der Waals surface area contributed by atoms with Crippen LogP contribution in [0, 0.1) is 0 Å². The predicted octanol–water partition coefficient (Wildman–Crippen LogP) is 2.73. The average molecular weight is 176 g/mol. The van der Waals surface area contributed by atoms with E-state index >= 15 is 0 Å². The molecule has 70 valence electrons. The van der Waals surface area contributed by atoms with Gasteiger partial charge in [-0.1, -0.05) is 31.2 Å². The number of carbonyl (C=O) groups is 1. The van der Waals surface area contributed by atoms with Crippen LogP contribution in [0.3, 0.4) is 0 Å². The molecular weight excluding hydrogens is 160 g/mol. The lowest BCUT2D eigenvalue weighted by atomic mass is 9.86. The third kappa shape index (κ3) is 2.18. The first-order valence-corrected chi connectivity index (χ1v) is 4.66. The first-order chi connectivity index (χ1) is 6.10. The number of aryl methyl sites for hydroxylation is 1. The first-order valence-electron chi connectivity index (χ1n) is 4.66. The van der Waals surface area contributed by atoms with E-state index in [-0.39, 0.29) is 5.41 Å². The van der Waals surface area contributed by atoms with Crippen molar-refractivity contribution in [3.05, 3.63) is 35.4 Å². The molecule has 1 rings (SSSR count). The molecule has 0 fully saturated rings. The molecule has 0 unspecified atom stereocenters. The maximum Gasteiger partial charge on any atom is 0.129 e. The molecule has 13 heavy (non-hydrogen) atoms. The molecule has 0 aliphatic carbocycles. The highest BCUT2D eigenvalue weighted by atomic mass is 16.1. The molecule has 0 atom stereocenters. The van der Waals surface area contributed by atoms with Gasteiger partial charge in [0.15, 0.2) is 0 Å². The van der Waals surface area contributed by atoms with Crippen molar-refractivity contribution in [3.8, 4) is 0 Å². The zero-order valence-electron chi connectivity index (χ0n) is 8.50. The molecule has 0 aliphatic heterocycles. The van der Waals surface area contributed by atoms with Crippen molar-refractivity contribution < 1.29 is 4.79 Å². The van der Waals surface area contributed by atoms with Crippen LogP contribution in [0.1, 0.15) is 31.9 Å². The summed E-state index contributed by atoms with van der Waals surface area (Å²) in [6.07, 6.45) is 2.04. The van der Waals surface area contributed by atoms with Crippen molar-refractivity contribution in [2.75, 3.05) is 0 Å². The zero-order valence-corrected chi connectivity index (χ0v) is 8.50. The van der Waals surface area contributed by atoms with Crippen LogP contribution in [0.5, 0.6) is 0 Å². The molecule has 0 N–H and O–H groups in total. The number of aldehydes is 1. The molecule has 0 spiro atoms. The molecule has 0 heterocycles. The van der Waals surface area contributed by atoms with Gasteiger partial charge >= 0.3 is 0 Å². The van der Waals surface area contributed by atoms with Crippen molar-refractivity contribution in [1.82, 2.24) is 0 Å². The zero-order chi connectivity index (χ0) is 9.90. The average Bonchev–Trinajstić information content (AvgIpc) is 2.18. The second-order valence-electron chi connectivity index (χ2n) is 3.89. The number of hydrogen-bond donors (Lipinski definition) is 0. The minimum absolute atomic E-state index is 0.355. The predicted molar refractivity (Wildman–Crippen MR) is 54.9 cm³/mol. The first kappa shape index (κ1) is 9.97. The number of carbonyl (C=O) groups excluding carboxylic acids is 1. The van der Waals surface area contributed by atoms with E-state index in [0.717, 1.165) is 18.3 Å². The lowest BCUT2D eigenvalue weighted by molar-refractivity contribution is -0.111. The summed E-state index contributed by atoms with van der Waals surface area (Å²) in [7, 11) is 0. The summed E-state index contributed by atoms with van der Waals surface area (Å²) in [5.41, 5.74) is 2.04. The highest BCUT2D eigenvalue weighted by molar-refractivity contribution is 5.67. The SMILES string of the molecule is CCc1ccc(C(C)(C)C=O)cc1. The van der Waals surface area contributed by atoms with E-state index < -0.39 is 0 Å². The van der Waals surface area contributed by atoms with Crippen LogP contribution in [0.25, 0.3) is 0 Å². The minimum Gasteiger partial charge on any atom is -0.302 e. The van der Waals surface area contributed by atoms with Crippen molar-refractivity contribution in [3.63, 3.8) is 0 Å². The van der Waals surface area contributed by atoms with Crippen LogP contribution in [0.2, 0.25) is 0 Å². The summed E-state index contributed by atoms with van der Waals surface area (Å²) >= 11 is 0. The highest BCUT2D eigenvalue weighted by Gasteiger charge is 2.18. The fraction of sp³-hybridized carbons (Fsp3) is 0.417. The summed E-state index contributed by atoms with van der Waals surface area (Å²) in [5.74, 6) is 0. The molecule has 1 aromatic rings. The van der Waals surface area contributed by atoms with E-state index in [9.17, 15) is 4.79 Å². The van der Waals surface area contributed by atoms with E-state index in [1.807, 2.05) is 26.0 Å². The summed E-state index contributed by atoms with van der Waals surface area (Å²) in [6.45, 7) is 5.99. The second-order valence-corrected chi connectivity index (χ2v) is 3.89. The van der Waals surface area contributed by atoms with E-state index in [1.165, 1.54) is 5.56 Å². The van der Waals surface area contributed by atoms with Crippen molar-refractivity contribution in [2.45, 2.75) is 32.6 Å². The molecule has 0 radical (unpaired) electrons. The van der Waals surface area contributed by atoms with Gasteiger partial charge in [-0.2, -0.15) is 0 Å².